The van der Waals surface area contributed by atoms with Crippen molar-refractivity contribution in [2.45, 2.75) is 20.8 Å². The number of amides is 2. The van der Waals surface area contributed by atoms with Gasteiger partial charge in [0.05, 0.1) is 0 Å². The zero-order chi connectivity index (χ0) is 17.1. The van der Waals surface area contributed by atoms with Crippen molar-refractivity contribution < 1.29 is 4.79 Å². The van der Waals surface area contributed by atoms with Crippen molar-refractivity contribution in [3.05, 3.63) is 59.2 Å². The SMILES string of the molecule is Cc1ccc(N2CCN(C(=O)Nc3cc(C)ccc3C)CC2)cc1. The standard InChI is InChI=1S/C20H25N3O/c1-15-5-8-18(9-6-15)22-10-12-23(13-11-22)20(24)21-19-14-16(2)4-7-17(19)3/h4-9,14H,10-13H2,1-3H3,(H,21,24). The molecule has 3 rings (SSSR count). The number of hydrogen-bond donors (Lipinski definition) is 1. The highest BCUT2D eigenvalue weighted by atomic mass is 16.2. The van der Waals surface area contributed by atoms with Crippen molar-refractivity contribution in [3.63, 3.8) is 0 Å². The van der Waals surface area contributed by atoms with E-state index >= 15 is 0 Å². The van der Waals surface area contributed by atoms with E-state index in [4.69, 9.17) is 0 Å². The molecule has 0 spiro atoms. The minimum absolute atomic E-state index is 0.00717. The first kappa shape index (κ1) is 16.4. The molecule has 2 amide bonds. The molecule has 0 radical (unpaired) electrons. The second kappa shape index (κ2) is 6.95. The molecule has 0 unspecified atom stereocenters. The van der Waals surface area contributed by atoms with Crippen LogP contribution in [0.1, 0.15) is 16.7 Å². The summed E-state index contributed by atoms with van der Waals surface area (Å²) in [6.45, 7) is 9.36. The van der Waals surface area contributed by atoms with Gasteiger partial charge in [-0.3, -0.25) is 0 Å². The molecule has 126 valence electrons. The van der Waals surface area contributed by atoms with Crippen molar-refractivity contribution >= 4 is 17.4 Å². The number of aryl methyl sites for hydroxylation is 3. The van der Waals surface area contributed by atoms with E-state index in [1.807, 2.05) is 30.9 Å². The number of nitrogens with zero attached hydrogens (tertiary/aromatic N) is 2. The molecular weight excluding hydrogens is 298 g/mol. The Balaban J connectivity index is 1.59. The van der Waals surface area contributed by atoms with Gasteiger partial charge >= 0.3 is 6.03 Å². The lowest BCUT2D eigenvalue weighted by atomic mass is 10.1. The Bertz CT molecular complexity index is 716. The number of rotatable bonds is 2. The van der Waals surface area contributed by atoms with Crippen LogP contribution < -0.4 is 10.2 Å². The largest absolute Gasteiger partial charge is 0.368 e. The normalized spacial score (nSPS) is 14.6. The zero-order valence-electron chi connectivity index (χ0n) is 14.7. The third-order valence-electron chi connectivity index (χ3n) is 4.60. The molecule has 1 saturated heterocycles. The first-order valence-electron chi connectivity index (χ1n) is 8.48. The first-order chi connectivity index (χ1) is 11.5. The van der Waals surface area contributed by atoms with E-state index in [0.29, 0.717) is 0 Å². The Labute approximate surface area is 144 Å². The van der Waals surface area contributed by atoms with Crippen LogP contribution in [0.2, 0.25) is 0 Å². The summed E-state index contributed by atoms with van der Waals surface area (Å²) < 4.78 is 0. The summed E-state index contributed by atoms with van der Waals surface area (Å²) in [6.07, 6.45) is 0. The first-order valence-corrected chi connectivity index (χ1v) is 8.48. The molecule has 0 aromatic heterocycles. The fraction of sp³-hybridized carbons (Fsp3) is 0.350. The molecule has 0 saturated carbocycles. The molecule has 0 bridgehead atoms. The number of benzene rings is 2. The van der Waals surface area contributed by atoms with E-state index in [0.717, 1.165) is 43.0 Å². The number of carbonyl (C=O) groups is 1. The Kier molecular flexibility index (Phi) is 4.74. The minimum Gasteiger partial charge on any atom is -0.368 e. The second-order valence-electron chi connectivity index (χ2n) is 6.56. The van der Waals surface area contributed by atoms with E-state index in [2.05, 4.69) is 47.5 Å². The molecule has 2 aromatic carbocycles. The summed E-state index contributed by atoms with van der Waals surface area (Å²) in [7, 11) is 0. The monoisotopic (exact) mass is 323 g/mol. The number of piperazine rings is 1. The number of carbonyl (C=O) groups excluding carboxylic acids is 1. The van der Waals surface area contributed by atoms with Crippen LogP contribution in [0.15, 0.2) is 42.5 Å². The summed E-state index contributed by atoms with van der Waals surface area (Å²) in [4.78, 5) is 16.7. The van der Waals surface area contributed by atoms with Crippen molar-refractivity contribution in [1.82, 2.24) is 4.90 Å². The van der Waals surface area contributed by atoms with Gasteiger partial charge in [-0.1, -0.05) is 29.8 Å². The highest BCUT2D eigenvalue weighted by Gasteiger charge is 2.21. The number of hydrogen-bond acceptors (Lipinski definition) is 2. The predicted octanol–water partition coefficient (Wildman–Crippen LogP) is 3.97. The summed E-state index contributed by atoms with van der Waals surface area (Å²) in [5, 5.41) is 3.05. The molecule has 0 atom stereocenters. The van der Waals surface area contributed by atoms with Crippen LogP contribution in [0.4, 0.5) is 16.2 Å². The van der Waals surface area contributed by atoms with Crippen LogP contribution in [-0.2, 0) is 0 Å². The molecule has 4 nitrogen and oxygen atoms in total. The molecule has 1 aliphatic rings. The summed E-state index contributed by atoms with van der Waals surface area (Å²) in [5.74, 6) is 0. The third-order valence-corrected chi connectivity index (χ3v) is 4.60. The lowest BCUT2D eigenvalue weighted by Gasteiger charge is -2.36. The molecular formula is C20H25N3O. The maximum absolute atomic E-state index is 12.5. The summed E-state index contributed by atoms with van der Waals surface area (Å²) >= 11 is 0. The van der Waals surface area contributed by atoms with Gasteiger partial charge in [0.2, 0.25) is 0 Å². The Morgan fingerprint density at radius 3 is 2.17 bits per heavy atom. The number of anilines is 2. The van der Waals surface area contributed by atoms with Crippen LogP contribution >= 0.6 is 0 Å². The van der Waals surface area contributed by atoms with E-state index in [1.165, 1.54) is 11.3 Å². The van der Waals surface area contributed by atoms with Gasteiger partial charge in [0, 0.05) is 37.6 Å². The Morgan fingerprint density at radius 2 is 1.50 bits per heavy atom. The average Bonchev–Trinajstić information content (AvgIpc) is 2.59. The van der Waals surface area contributed by atoms with Gasteiger partial charge in [0.15, 0.2) is 0 Å². The van der Waals surface area contributed by atoms with Gasteiger partial charge in [-0.15, -0.1) is 0 Å². The van der Waals surface area contributed by atoms with E-state index in [9.17, 15) is 4.79 Å². The molecule has 24 heavy (non-hydrogen) atoms. The van der Waals surface area contributed by atoms with E-state index in [1.54, 1.807) is 0 Å². The van der Waals surface area contributed by atoms with Crippen LogP contribution in [0.3, 0.4) is 0 Å². The molecule has 2 aromatic rings. The fourth-order valence-corrected chi connectivity index (χ4v) is 2.99. The van der Waals surface area contributed by atoms with Crippen LogP contribution in [0.25, 0.3) is 0 Å². The summed E-state index contributed by atoms with van der Waals surface area (Å²) in [6, 6.07) is 14.7. The number of nitrogens with one attached hydrogen (secondary N) is 1. The smallest absolute Gasteiger partial charge is 0.321 e. The Morgan fingerprint density at radius 1 is 0.875 bits per heavy atom. The third kappa shape index (κ3) is 3.70. The quantitative estimate of drug-likeness (QED) is 0.908. The highest BCUT2D eigenvalue weighted by Crippen LogP contribution is 2.19. The zero-order valence-corrected chi connectivity index (χ0v) is 14.7. The van der Waals surface area contributed by atoms with Crippen molar-refractivity contribution in [1.29, 1.82) is 0 Å². The van der Waals surface area contributed by atoms with Gasteiger partial charge in [-0.2, -0.15) is 0 Å². The molecule has 1 N–H and O–H groups in total. The second-order valence-corrected chi connectivity index (χ2v) is 6.56. The minimum atomic E-state index is -0.00717. The van der Waals surface area contributed by atoms with Crippen LogP contribution in [0, 0.1) is 20.8 Å². The van der Waals surface area contributed by atoms with Gasteiger partial charge in [0.1, 0.15) is 0 Å². The predicted molar refractivity (Wildman–Crippen MR) is 99.9 cm³/mol. The Hall–Kier alpha value is -2.49. The van der Waals surface area contributed by atoms with Gasteiger partial charge in [0.25, 0.3) is 0 Å². The van der Waals surface area contributed by atoms with Gasteiger partial charge in [-0.25, -0.2) is 4.79 Å². The molecule has 4 heteroatoms. The topological polar surface area (TPSA) is 35.6 Å². The van der Waals surface area contributed by atoms with Crippen LogP contribution in [-0.4, -0.2) is 37.1 Å². The van der Waals surface area contributed by atoms with E-state index in [-0.39, 0.29) is 6.03 Å². The van der Waals surface area contributed by atoms with E-state index < -0.39 is 0 Å². The van der Waals surface area contributed by atoms with Gasteiger partial charge in [-0.05, 0) is 50.1 Å². The van der Waals surface area contributed by atoms with Crippen LogP contribution in [0.5, 0.6) is 0 Å². The molecule has 1 aliphatic heterocycles. The summed E-state index contributed by atoms with van der Waals surface area (Å²) in [5.41, 5.74) is 5.65. The van der Waals surface area contributed by atoms with Crippen molar-refractivity contribution in [2.75, 3.05) is 36.4 Å². The average molecular weight is 323 g/mol. The lowest BCUT2D eigenvalue weighted by molar-refractivity contribution is 0.208. The number of urea groups is 1. The molecule has 1 fully saturated rings. The van der Waals surface area contributed by atoms with Gasteiger partial charge < -0.3 is 15.1 Å². The highest BCUT2D eigenvalue weighted by molar-refractivity contribution is 5.90. The maximum atomic E-state index is 12.5. The fourth-order valence-electron chi connectivity index (χ4n) is 2.99. The lowest BCUT2D eigenvalue weighted by Crippen LogP contribution is -2.50. The molecule has 0 aliphatic carbocycles. The molecule has 1 heterocycles. The maximum Gasteiger partial charge on any atom is 0.321 e. The van der Waals surface area contributed by atoms with Crippen molar-refractivity contribution in [3.8, 4) is 0 Å². The van der Waals surface area contributed by atoms with Crippen molar-refractivity contribution in [2.24, 2.45) is 0 Å².